The summed E-state index contributed by atoms with van der Waals surface area (Å²) in [5.41, 5.74) is 1.31. The Labute approximate surface area is 189 Å². The van der Waals surface area contributed by atoms with E-state index in [-0.39, 0.29) is 5.92 Å². The minimum absolute atomic E-state index is 0.179. The van der Waals surface area contributed by atoms with Crippen molar-refractivity contribution in [3.8, 4) is 5.75 Å². The van der Waals surface area contributed by atoms with Crippen LogP contribution >= 0.6 is 0 Å². The van der Waals surface area contributed by atoms with Crippen molar-refractivity contribution in [2.45, 2.75) is 65.0 Å². The second-order valence-corrected chi connectivity index (χ2v) is 9.71. The second-order valence-electron chi connectivity index (χ2n) is 9.71. The van der Waals surface area contributed by atoms with Gasteiger partial charge in [0.25, 0.3) is 0 Å². The van der Waals surface area contributed by atoms with Crippen LogP contribution < -0.4 is 4.74 Å². The summed E-state index contributed by atoms with van der Waals surface area (Å²) >= 11 is 0. The van der Waals surface area contributed by atoms with Crippen molar-refractivity contribution in [3.05, 3.63) is 29.8 Å². The van der Waals surface area contributed by atoms with Crippen molar-refractivity contribution in [2.75, 3.05) is 46.9 Å². The molecule has 174 valence electrons. The van der Waals surface area contributed by atoms with Crippen LogP contribution in [0.2, 0.25) is 0 Å². The van der Waals surface area contributed by atoms with Crippen LogP contribution in [0.5, 0.6) is 5.75 Å². The molecule has 1 aromatic rings. The number of likely N-dealkylation sites (tertiary alicyclic amines) is 2. The van der Waals surface area contributed by atoms with Crippen LogP contribution in [0.15, 0.2) is 24.3 Å². The van der Waals surface area contributed by atoms with Crippen LogP contribution in [0.25, 0.3) is 0 Å². The predicted octanol–water partition coefficient (Wildman–Crippen LogP) is 4.27. The Morgan fingerprint density at radius 2 is 1.90 bits per heavy atom. The van der Waals surface area contributed by atoms with Crippen LogP contribution in [0.3, 0.4) is 0 Å². The van der Waals surface area contributed by atoms with Gasteiger partial charge < -0.3 is 14.5 Å². The lowest BCUT2D eigenvalue weighted by Crippen LogP contribution is -2.44. The first kappa shape index (κ1) is 24.1. The number of ether oxygens (including phenoxy) is 1. The maximum atomic E-state index is 12.8. The molecule has 0 bridgehead atoms. The number of rotatable bonds is 9. The molecule has 2 aliphatic rings. The third-order valence-corrected chi connectivity index (χ3v) is 7.29. The molecular weight excluding hydrogens is 386 g/mol. The molecule has 1 atom stereocenters. The minimum Gasteiger partial charge on any atom is -0.493 e. The smallest absolute Gasteiger partial charge is 0.225 e. The van der Waals surface area contributed by atoms with E-state index < -0.39 is 0 Å². The molecule has 5 nitrogen and oxygen atoms in total. The highest BCUT2D eigenvalue weighted by molar-refractivity contribution is 5.78. The highest BCUT2D eigenvalue weighted by Crippen LogP contribution is 2.23. The minimum atomic E-state index is 0.179. The van der Waals surface area contributed by atoms with Crippen molar-refractivity contribution >= 4 is 5.91 Å². The molecule has 31 heavy (non-hydrogen) atoms. The van der Waals surface area contributed by atoms with E-state index in [4.69, 9.17) is 4.74 Å². The summed E-state index contributed by atoms with van der Waals surface area (Å²) in [5, 5.41) is 0. The Morgan fingerprint density at radius 3 is 2.61 bits per heavy atom. The van der Waals surface area contributed by atoms with Gasteiger partial charge >= 0.3 is 0 Å². The maximum Gasteiger partial charge on any atom is 0.225 e. The molecule has 5 heteroatoms. The predicted molar refractivity (Wildman–Crippen MR) is 127 cm³/mol. The Bertz CT molecular complexity index is 683. The SMILES string of the molecule is CCC(CC)C(=O)N1CCCC(COc2cccc(CN(C)C3CCN(C)CC3)c2)C1. The van der Waals surface area contributed by atoms with Crippen LogP contribution in [-0.2, 0) is 11.3 Å². The highest BCUT2D eigenvalue weighted by Gasteiger charge is 2.27. The molecule has 0 N–H and O–H groups in total. The van der Waals surface area contributed by atoms with Gasteiger partial charge in [-0.1, -0.05) is 26.0 Å². The van der Waals surface area contributed by atoms with Gasteiger partial charge in [-0.25, -0.2) is 0 Å². The Hall–Kier alpha value is -1.59. The normalized spacial score (nSPS) is 21.1. The van der Waals surface area contributed by atoms with Crippen molar-refractivity contribution in [1.82, 2.24) is 14.7 Å². The van der Waals surface area contributed by atoms with Gasteiger partial charge in [0, 0.05) is 37.5 Å². The fourth-order valence-corrected chi connectivity index (χ4v) is 5.10. The van der Waals surface area contributed by atoms with Gasteiger partial charge in [0.05, 0.1) is 6.61 Å². The van der Waals surface area contributed by atoms with E-state index in [0.717, 1.165) is 51.1 Å². The molecule has 2 fully saturated rings. The lowest BCUT2D eigenvalue weighted by atomic mass is 9.95. The summed E-state index contributed by atoms with van der Waals surface area (Å²) in [7, 11) is 4.46. The average Bonchev–Trinajstić information content (AvgIpc) is 2.79. The van der Waals surface area contributed by atoms with Crippen molar-refractivity contribution in [1.29, 1.82) is 0 Å². The lowest BCUT2D eigenvalue weighted by molar-refractivity contribution is -0.137. The number of nitrogens with zero attached hydrogens (tertiary/aromatic N) is 3. The third kappa shape index (κ3) is 6.95. The standard InChI is InChI=1S/C26H43N3O2/c1-5-23(6-2)26(30)29-14-8-10-22(19-29)20-31-25-11-7-9-21(17-25)18-28(4)24-12-15-27(3)16-13-24/h7,9,11,17,22-24H,5-6,8,10,12-16,18-20H2,1-4H3. The number of carbonyl (C=O) groups excluding carboxylic acids is 1. The summed E-state index contributed by atoms with van der Waals surface area (Å²) in [6.45, 7) is 10.0. The summed E-state index contributed by atoms with van der Waals surface area (Å²) < 4.78 is 6.21. The number of benzene rings is 1. The second kappa shape index (κ2) is 11.9. The molecule has 1 unspecified atom stereocenters. The summed E-state index contributed by atoms with van der Waals surface area (Å²) in [4.78, 5) is 19.8. The van der Waals surface area contributed by atoms with Gasteiger partial charge in [-0.15, -0.1) is 0 Å². The van der Waals surface area contributed by atoms with E-state index in [1.165, 1.54) is 31.5 Å². The molecule has 2 saturated heterocycles. The van der Waals surface area contributed by atoms with Crippen molar-refractivity contribution in [3.63, 3.8) is 0 Å². The monoisotopic (exact) mass is 429 g/mol. The van der Waals surface area contributed by atoms with Crippen LogP contribution in [0, 0.1) is 11.8 Å². The van der Waals surface area contributed by atoms with Crippen molar-refractivity contribution < 1.29 is 9.53 Å². The molecule has 0 saturated carbocycles. The van der Waals surface area contributed by atoms with E-state index in [1.807, 2.05) is 0 Å². The Kier molecular flexibility index (Phi) is 9.21. The average molecular weight is 430 g/mol. The van der Waals surface area contributed by atoms with E-state index in [9.17, 15) is 4.79 Å². The molecule has 2 heterocycles. The van der Waals surface area contributed by atoms with Gasteiger partial charge in [0.1, 0.15) is 5.75 Å². The molecule has 1 aromatic carbocycles. The number of carbonyl (C=O) groups is 1. The Balaban J connectivity index is 1.49. The van der Waals surface area contributed by atoms with Gasteiger partial charge in [-0.3, -0.25) is 9.69 Å². The van der Waals surface area contributed by atoms with Crippen LogP contribution in [0.1, 0.15) is 57.9 Å². The molecule has 3 rings (SSSR count). The topological polar surface area (TPSA) is 36.0 Å². The fourth-order valence-electron chi connectivity index (χ4n) is 5.10. The van der Waals surface area contributed by atoms with Gasteiger partial charge in [0.2, 0.25) is 5.91 Å². The number of piperidine rings is 2. The summed E-state index contributed by atoms with van der Waals surface area (Å²) in [5.74, 6) is 1.90. The van der Waals surface area contributed by atoms with Crippen molar-refractivity contribution in [2.24, 2.45) is 11.8 Å². The van der Waals surface area contributed by atoms with Gasteiger partial charge in [0.15, 0.2) is 0 Å². The Morgan fingerprint density at radius 1 is 1.16 bits per heavy atom. The molecule has 1 amide bonds. The molecule has 0 spiro atoms. The first-order valence-corrected chi connectivity index (χ1v) is 12.4. The number of amides is 1. The quantitative estimate of drug-likeness (QED) is 0.587. The molecule has 0 aromatic heterocycles. The lowest BCUT2D eigenvalue weighted by Gasteiger charge is -2.35. The summed E-state index contributed by atoms with van der Waals surface area (Å²) in [6, 6.07) is 9.24. The zero-order chi connectivity index (χ0) is 22.2. The first-order chi connectivity index (χ1) is 15.0. The van der Waals surface area contributed by atoms with Gasteiger partial charge in [-0.2, -0.15) is 0 Å². The van der Waals surface area contributed by atoms with E-state index in [0.29, 0.717) is 24.5 Å². The number of hydrogen-bond donors (Lipinski definition) is 0. The highest BCUT2D eigenvalue weighted by atomic mass is 16.5. The molecular formula is C26H43N3O2. The van der Waals surface area contributed by atoms with Gasteiger partial charge in [-0.05, 0) is 83.4 Å². The molecule has 2 aliphatic heterocycles. The largest absolute Gasteiger partial charge is 0.493 e. The zero-order valence-electron chi connectivity index (χ0n) is 20.2. The fraction of sp³-hybridized carbons (Fsp3) is 0.731. The zero-order valence-corrected chi connectivity index (χ0v) is 20.2. The first-order valence-electron chi connectivity index (χ1n) is 12.4. The molecule has 0 aliphatic carbocycles. The number of hydrogen-bond acceptors (Lipinski definition) is 4. The molecule has 0 radical (unpaired) electrons. The summed E-state index contributed by atoms with van der Waals surface area (Å²) in [6.07, 6.45) is 6.60. The third-order valence-electron chi connectivity index (χ3n) is 7.29. The van der Waals surface area contributed by atoms with Crippen LogP contribution in [0.4, 0.5) is 0 Å². The maximum absolute atomic E-state index is 12.8. The van der Waals surface area contributed by atoms with Crippen LogP contribution in [-0.4, -0.2) is 73.5 Å². The van der Waals surface area contributed by atoms with E-state index >= 15 is 0 Å². The van der Waals surface area contributed by atoms with E-state index in [2.05, 4.69) is 66.9 Å². The van der Waals surface area contributed by atoms with E-state index in [1.54, 1.807) is 0 Å².